The first-order chi connectivity index (χ1) is 17.4. The van der Waals surface area contributed by atoms with Crippen LogP contribution in [0.5, 0.6) is 11.5 Å². The Morgan fingerprint density at radius 3 is 1.92 bits per heavy atom. The molecule has 4 aromatic carbocycles. The highest BCUT2D eigenvalue weighted by atomic mass is 16.6. The topological polar surface area (TPSA) is 119 Å². The number of hydrogen-bond acceptors (Lipinski definition) is 5. The molecule has 8 nitrogen and oxygen atoms in total. The molecule has 0 aromatic heterocycles. The van der Waals surface area contributed by atoms with Crippen LogP contribution in [0.25, 0.3) is 11.1 Å². The van der Waals surface area contributed by atoms with Crippen LogP contribution < -0.4 is 10.1 Å². The molecule has 1 unspecified atom stereocenters. The first-order valence-corrected chi connectivity index (χ1v) is 11.1. The number of nitro benzene ring substituents is 1. The van der Waals surface area contributed by atoms with E-state index in [2.05, 4.69) is 5.32 Å². The molecule has 0 spiro atoms. The zero-order valence-corrected chi connectivity index (χ0v) is 19.0. The summed E-state index contributed by atoms with van der Waals surface area (Å²) >= 11 is 0. The Morgan fingerprint density at radius 2 is 1.36 bits per heavy atom. The van der Waals surface area contributed by atoms with E-state index in [1.807, 2.05) is 54.6 Å². The molecule has 2 N–H and O–H groups in total. The number of rotatable bonds is 9. The van der Waals surface area contributed by atoms with Gasteiger partial charge < -0.3 is 15.2 Å². The Balaban J connectivity index is 1.37. The van der Waals surface area contributed by atoms with E-state index in [9.17, 15) is 24.8 Å². The summed E-state index contributed by atoms with van der Waals surface area (Å²) in [7, 11) is 0. The van der Waals surface area contributed by atoms with Gasteiger partial charge in [0.2, 0.25) is 0 Å². The molecule has 180 valence electrons. The normalized spacial score (nSPS) is 11.3. The van der Waals surface area contributed by atoms with Gasteiger partial charge in [-0.15, -0.1) is 0 Å². The third kappa shape index (κ3) is 6.12. The van der Waals surface area contributed by atoms with Crippen molar-refractivity contribution in [2.24, 2.45) is 0 Å². The molecule has 1 atom stereocenters. The second-order valence-corrected chi connectivity index (χ2v) is 8.01. The Hall–Kier alpha value is -4.98. The van der Waals surface area contributed by atoms with Gasteiger partial charge >= 0.3 is 5.97 Å². The third-order valence-electron chi connectivity index (χ3n) is 5.50. The molecule has 0 fully saturated rings. The smallest absolute Gasteiger partial charge is 0.326 e. The molecule has 8 heteroatoms. The van der Waals surface area contributed by atoms with Crippen molar-refractivity contribution >= 4 is 17.6 Å². The Kier molecular flexibility index (Phi) is 7.36. The lowest BCUT2D eigenvalue weighted by Gasteiger charge is -2.15. The van der Waals surface area contributed by atoms with E-state index < -0.39 is 22.8 Å². The van der Waals surface area contributed by atoms with Gasteiger partial charge in [0.1, 0.15) is 17.5 Å². The monoisotopic (exact) mass is 482 g/mol. The molecular formula is C28H22N2O6. The van der Waals surface area contributed by atoms with Crippen molar-refractivity contribution in [2.45, 2.75) is 12.5 Å². The van der Waals surface area contributed by atoms with Gasteiger partial charge in [0.05, 0.1) is 4.92 Å². The lowest BCUT2D eigenvalue weighted by atomic mass is 10.0. The van der Waals surface area contributed by atoms with E-state index in [-0.39, 0.29) is 17.7 Å². The molecule has 0 aliphatic rings. The average Bonchev–Trinajstić information content (AvgIpc) is 2.90. The number of carboxylic acid groups (broad SMARTS) is 1. The minimum Gasteiger partial charge on any atom is -0.480 e. The fourth-order valence-electron chi connectivity index (χ4n) is 3.59. The largest absolute Gasteiger partial charge is 0.480 e. The van der Waals surface area contributed by atoms with Crippen LogP contribution in [0.4, 0.5) is 5.69 Å². The van der Waals surface area contributed by atoms with Crippen LogP contribution in [0.3, 0.4) is 0 Å². The van der Waals surface area contributed by atoms with Gasteiger partial charge in [-0.3, -0.25) is 14.9 Å². The zero-order valence-electron chi connectivity index (χ0n) is 19.0. The van der Waals surface area contributed by atoms with Crippen LogP contribution in [-0.4, -0.2) is 27.9 Å². The second kappa shape index (κ2) is 11.0. The van der Waals surface area contributed by atoms with Gasteiger partial charge in [-0.1, -0.05) is 54.6 Å². The second-order valence-electron chi connectivity index (χ2n) is 8.01. The average molecular weight is 482 g/mol. The van der Waals surface area contributed by atoms with Crippen molar-refractivity contribution in [3.63, 3.8) is 0 Å². The molecule has 36 heavy (non-hydrogen) atoms. The van der Waals surface area contributed by atoms with Crippen LogP contribution in [0.15, 0.2) is 103 Å². The summed E-state index contributed by atoms with van der Waals surface area (Å²) in [6, 6.07) is 28.1. The fraction of sp³-hybridized carbons (Fsp3) is 0.0714. The first kappa shape index (κ1) is 24.2. The summed E-state index contributed by atoms with van der Waals surface area (Å²) in [6.07, 6.45) is 0.136. The molecule has 4 rings (SSSR count). The highest BCUT2D eigenvalue weighted by Gasteiger charge is 2.21. The van der Waals surface area contributed by atoms with Gasteiger partial charge in [-0.2, -0.15) is 0 Å². The van der Waals surface area contributed by atoms with Gasteiger partial charge in [0.15, 0.2) is 0 Å². The molecule has 1 amide bonds. The molecule has 0 bridgehead atoms. The number of non-ortho nitro benzene ring substituents is 1. The summed E-state index contributed by atoms with van der Waals surface area (Å²) in [5.74, 6) is -0.825. The molecule has 0 heterocycles. The Morgan fingerprint density at radius 1 is 0.806 bits per heavy atom. The van der Waals surface area contributed by atoms with E-state index >= 15 is 0 Å². The zero-order chi connectivity index (χ0) is 25.5. The number of aliphatic carboxylic acids is 1. The SMILES string of the molecule is O=C(NC(Cc1ccc(-c2ccccc2)cc1)C(=O)O)c1ccc(Oc2ccc([N+](=O)[O-])cc2)cc1. The van der Waals surface area contributed by atoms with E-state index in [1.54, 1.807) is 12.1 Å². The van der Waals surface area contributed by atoms with Crippen LogP contribution in [0.1, 0.15) is 15.9 Å². The molecule has 0 saturated carbocycles. The van der Waals surface area contributed by atoms with Crippen LogP contribution in [0, 0.1) is 10.1 Å². The minimum atomic E-state index is -1.13. The maximum atomic E-state index is 12.7. The van der Waals surface area contributed by atoms with E-state index in [4.69, 9.17) is 4.74 Å². The highest BCUT2D eigenvalue weighted by Crippen LogP contribution is 2.24. The van der Waals surface area contributed by atoms with E-state index in [1.165, 1.54) is 36.4 Å². The third-order valence-corrected chi connectivity index (χ3v) is 5.50. The number of nitrogens with zero attached hydrogens (tertiary/aromatic N) is 1. The molecule has 4 aromatic rings. The van der Waals surface area contributed by atoms with Crippen molar-refractivity contribution in [1.29, 1.82) is 0 Å². The van der Waals surface area contributed by atoms with Gasteiger partial charge in [0, 0.05) is 24.1 Å². The summed E-state index contributed by atoms with van der Waals surface area (Å²) < 4.78 is 5.64. The molecule has 0 aliphatic heterocycles. The summed E-state index contributed by atoms with van der Waals surface area (Å²) in [5, 5.41) is 23.0. The molecule has 0 saturated heterocycles. The first-order valence-electron chi connectivity index (χ1n) is 11.1. The van der Waals surface area contributed by atoms with E-state index in [0.717, 1.165) is 16.7 Å². The maximum Gasteiger partial charge on any atom is 0.326 e. The molecule has 0 radical (unpaired) electrons. The number of nitrogens with one attached hydrogen (secondary N) is 1. The van der Waals surface area contributed by atoms with Crippen LogP contribution in [-0.2, 0) is 11.2 Å². The number of benzene rings is 4. The number of amides is 1. The van der Waals surface area contributed by atoms with Gasteiger partial charge in [-0.05, 0) is 53.1 Å². The Labute approximate surface area is 206 Å². The molecule has 0 aliphatic carbocycles. The maximum absolute atomic E-state index is 12.7. The van der Waals surface area contributed by atoms with Gasteiger partial charge in [-0.25, -0.2) is 4.79 Å². The Bertz CT molecular complexity index is 1350. The van der Waals surface area contributed by atoms with Crippen molar-refractivity contribution in [1.82, 2.24) is 5.32 Å². The van der Waals surface area contributed by atoms with Crippen molar-refractivity contribution < 1.29 is 24.4 Å². The summed E-state index contributed by atoms with van der Waals surface area (Å²) in [5.41, 5.74) is 3.10. The minimum absolute atomic E-state index is 0.0468. The van der Waals surface area contributed by atoms with E-state index in [0.29, 0.717) is 11.5 Å². The highest BCUT2D eigenvalue weighted by molar-refractivity contribution is 5.96. The lowest BCUT2D eigenvalue weighted by molar-refractivity contribution is -0.384. The van der Waals surface area contributed by atoms with Crippen molar-refractivity contribution in [3.05, 3.63) is 124 Å². The summed E-state index contributed by atoms with van der Waals surface area (Å²) in [4.78, 5) is 34.7. The fourth-order valence-corrected chi connectivity index (χ4v) is 3.59. The number of hydrogen-bond donors (Lipinski definition) is 2. The number of ether oxygens (including phenoxy) is 1. The lowest BCUT2D eigenvalue weighted by Crippen LogP contribution is -2.42. The standard InChI is InChI=1S/C28H22N2O6/c31-27(22-10-14-24(15-11-22)36-25-16-12-23(13-17-25)30(34)35)29-26(28(32)33)18-19-6-8-21(9-7-19)20-4-2-1-3-5-20/h1-17,26H,18H2,(H,29,31)(H,32,33). The van der Waals surface area contributed by atoms with Gasteiger partial charge in [0.25, 0.3) is 11.6 Å². The predicted molar refractivity (Wildman–Crippen MR) is 134 cm³/mol. The number of carbonyl (C=O) groups is 2. The number of carboxylic acids is 1. The predicted octanol–water partition coefficient (Wildman–Crippen LogP) is 5.48. The van der Waals surface area contributed by atoms with Crippen molar-refractivity contribution in [2.75, 3.05) is 0 Å². The number of carbonyl (C=O) groups excluding carboxylic acids is 1. The van der Waals surface area contributed by atoms with Crippen molar-refractivity contribution in [3.8, 4) is 22.6 Å². The van der Waals surface area contributed by atoms with Crippen LogP contribution >= 0.6 is 0 Å². The molecular weight excluding hydrogens is 460 g/mol. The number of nitro groups is 1. The quantitative estimate of drug-likeness (QED) is 0.241. The summed E-state index contributed by atoms with van der Waals surface area (Å²) in [6.45, 7) is 0. The van der Waals surface area contributed by atoms with Crippen LogP contribution in [0.2, 0.25) is 0 Å².